The average Bonchev–Trinajstić information content (AvgIpc) is 1.87. The van der Waals surface area contributed by atoms with Crippen molar-refractivity contribution >= 4 is 12.4 Å². The summed E-state index contributed by atoms with van der Waals surface area (Å²) in [6, 6.07) is 0.551. The van der Waals surface area contributed by atoms with Gasteiger partial charge in [-0.15, -0.1) is 12.4 Å². The normalized spacial score (nSPS) is 36.8. The van der Waals surface area contributed by atoms with E-state index >= 15 is 0 Å². The molecule has 0 aliphatic carbocycles. The molecule has 1 N–H and O–H groups in total. The predicted octanol–water partition coefficient (Wildman–Crippen LogP) is 0.762. The summed E-state index contributed by atoms with van der Waals surface area (Å²) in [5.74, 6) is 0. The molecule has 2 atom stereocenters. The van der Waals surface area contributed by atoms with Crippen molar-refractivity contribution in [2.24, 2.45) is 0 Å². The Morgan fingerprint density at radius 3 is 2.25 bits per heavy atom. The highest BCUT2D eigenvalue weighted by Gasteiger charge is 2.14. The molecule has 1 heterocycles. The molecule has 1 fully saturated rings. The Morgan fingerprint density at radius 2 is 2.12 bits per heavy atom. The molecule has 1 aliphatic heterocycles. The van der Waals surface area contributed by atoms with Crippen LogP contribution in [0.5, 0.6) is 0 Å². The molecule has 0 spiro atoms. The molecule has 0 saturated carbocycles. The Hall–Kier alpha value is 0.210. The highest BCUT2D eigenvalue weighted by Crippen LogP contribution is 1.98. The molecule has 2 unspecified atom stereocenters. The molecular formula is C5H12ClNO. The lowest BCUT2D eigenvalue weighted by Gasteiger charge is -1.99. The van der Waals surface area contributed by atoms with Crippen molar-refractivity contribution in [3.8, 4) is 0 Å². The molecule has 8 heavy (non-hydrogen) atoms. The van der Waals surface area contributed by atoms with Crippen LogP contribution in [0.1, 0.15) is 13.8 Å². The molecule has 1 aliphatic rings. The lowest BCUT2D eigenvalue weighted by atomic mass is 10.4. The van der Waals surface area contributed by atoms with Gasteiger partial charge in [0.2, 0.25) is 0 Å². The number of nitrogens with one attached hydrogen (secondary N) is 1. The molecule has 0 amide bonds. The van der Waals surface area contributed by atoms with E-state index in [0.29, 0.717) is 6.04 Å². The zero-order chi connectivity index (χ0) is 5.28. The van der Waals surface area contributed by atoms with Gasteiger partial charge in [0.05, 0.1) is 6.61 Å². The Kier molecular flexibility index (Phi) is 3.36. The molecular weight excluding hydrogens is 126 g/mol. The van der Waals surface area contributed by atoms with Crippen molar-refractivity contribution in [3.63, 3.8) is 0 Å². The molecule has 0 bridgehead atoms. The van der Waals surface area contributed by atoms with Crippen LogP contribution in [0, 0.1) is 0 Å². The highest BCUT2D eigenvalue weighted by atomic mass is 35.5. The van der Waals surface area contributed by atoms with Gasteiger partial charge in [-0.2, -0.15) is 0 Å². The van der Waals surface area contributed by atoms with E-state index in [2.05, 4.69) is 12.2 Å². The first-order valence-corrected chi connectivity index (χ1v) is 2.66. The topological polar surface area (TPSA) is 21.3 Å². The second-order valence-electron chi connectivity index (χ2n) is 2.04. The summed E-state index contributed by atoms with van der Waals surface area (Å²) in [6.45, 7) is 4.99. The van der Waals surface area contributed by atoms with Crippen LogP contribution in [0.3, 0.4) is 0 Å². The van der Waals surface area contributed by atoms with Gasteiger partial charge in [-0.3, -0.25) is 5.32 Å². The standard InChI is InChI=1S/C5H11NO.ClH/c1-4-3-7-5(2)6-4;/h4-6H,3H2,1-2H3;1H. The minimum atomic E-state index is 0. The fourth-order valence-corrected chi connectivity index (χ4v) is 0.786. The molecule has 3 heteroatoms. The van der Waals surface area contributed by atoms with Gasteiger partial charge in [-0.05, 0) is 13.8 Å². The van der Waals surface area contributed by atoms with Crippen LogP contribution >= 0.6 is 12.4 Å². The second-order valence-corrected chi connectivity index (χ2v) is 2.04. The summed E-state index contributed by atoms with van der Waals surface area (Å²) >= 11 is 0. The first-order valence-electron chi connectivity index (χ1n) is 2.66. The van der Waals surface area contributed by atoms with Crippen LogP contribution in [-0.2, 0) is 4.74 Å². The summed E-state index contributed by atoms with van der Waals surface area (Å²) in [6.07, 6.45) is 0.273. The smallest absolute Gasteiger partial charge is 0.105 e. The Labute approximate surface area is 56.0 Å². The van der Waals surface area contributed by atoms with Crippen molar-refractivity contribution in [2.45, 2.75) is 26.1 Å². The van der Waals surface area contributed by atoms with Crippen molar-refractivity contribution < 1.29 is 4.74 Å². The van der Waals surface area contributed by atoms with E-state index in [4.69, 9.17) is 4.74 Å². The van der Waals surface area contributed by atoms with Gasteiger partial charge in [0.25, 0.3) is 0 Å². The van der Waals surface area contributed by atoms with E-state index in [1.165, 1.54) is 0 Å². The molecule has 50 valence electrons. The summed E-state index contributed by atoms with van der Waals surface area (Å²) in [7, 11) is 0. The summed E-state index contributed by atoms with van der Waals surface area (Å²) in [5, 5.41) is 3.19. The Balaban J connectivity index is 0.000000490. The largest absolute Gasteiger partial charge is 0.362 e. The van der Waals surface area contributed by atoms with E-state index in [9.17, 15) is 0 Å². The van der Waals surface area contributed by atoms with E-state index < -0.39 is 0 Å². The Morgan fingerprint density at radius 1 is 1.50 bits per heavy atom. The highest BCUT2D eigenvalue weighted by molar-refractivity contribution is 5.85. The van der Waals surface area contributed by atoms with Crippen LogP contribution in [0.25, 0.3) is 0 Å². The van der Waals surface area contributed by atoms with Gasteiger partial charge in [-0.1, -0.05) is 0 Å². The second kappa shape index (κ2) is 3.28. The third-order valence-corrected chi connectivity index (χ3v) is 1.12. The number of hydrogen-bond acceptors (Lipinski definition) is 2. The monoisotopic (exact) mass is 137 g/mol. The van der Waals surface area contributed by atoms with Crippen LogP contribution < -0.4 is 5.32 Å². The predicted molar refractivity (Wildman–Crippen MR) is 35.3 cm³/mol. The maximum atomic E-state index is 5.15. The zero-order valence-electron chi connectivity index (χ0n) is 5.18. The number of halogens is 1. The number of ether oxygens (including phenoxy) is 1. The maximum Gasteiger partial charge on any atom is 0.105 e. The molecule has 1 rings (SSSR count). The van der Waals surface area contributed by atoms with Crippen molar-refractivity contribution in [1.29, 1.82) is 0 Å². The number of hydrogen-bond donors (Lipinski definition) is 1. The van der Waals surface area contributed by atoms with Crippen LogP contribution in [0.2, 0.25) is 0 Å². The molecule has 0 aromatic carbocycles. The third-order valence-electron chi connectivity index (χ3n) is 1.12. The van der Waals surface area contributed by atoms with Gasteiger partial charge in [0, 0.05) is 6.04 Å². The minimum absolute atomic E-state index is 0. The zero-order valence-corrected chi connectivity index (χ0v) is 5.99. The molecule has 0 aromatic heterocycles. The van der Waals surface area contributed by atoms with Gasteiger partial charge >= 0.3 is 0 Å². The SMILES string of the molecule is CC1COC(C)N1.Cl. The lowest BCUT2D eigenvalue weighted by molar-refractivity contribution is 0.115. The molecule has 1 saturated heterocycles. The van der Waals surface area contributed by atoms with Gasteiger partial charge in [0.1, 0.15) is 6.23 Å². The van der Waals surface area contributed by atoms with E-state index in [1.54, 1.807) is 0 Å². The summed E-state index contributed by atoms with van der Waals surface area (Å²) in [4.78, 5) is 0. The molecule has 2 nitrogen and oxygen atoms in total. The van der Waals surface area contributed by atoms with E-state index in [-0.39, 0.29) is 18.6 Å². The average molecular weight is 138 g/mol. The maximum absolute atomic E-state index is 5.15. The third kappa shape index (κ3) is 1.99. The molecule has 0 radical (unpaired) electrons. The summed E-state index contributed by atoms with van der Waals surface area (Å²) in [5.41, 5.74) is 0. The van der Waals surface area contributed by atoms with E-state index in [1.807, 2.05) is 6.92 Å². The fourth-order valence-electron chi connectivity index (χ4n) is 0.786. The van der Waals surface area contributed by atoms with Crippen molar-refractivity contribution in [3.05, 3.63) is 0 Å². The van der Waals surface area contributed by atoms with Crippen LogP contribution in [-0.4, -0.2) is 18.9 Å². The van der Waals surface area contributed by atoms with Crippen molar-refractivity contribution in [1.82, 2.24) is 5.32 Å². The molecule has 0 aromatic rings. The fraction of sp³-hybridized carbons (Fsp3) is 1.00. The van der Waals surface area contributed by atoms with Crippen LogP contribution in [0.4, 0.5) is 0 Å². The van der Waals surface area contributed by atoms with Gasteiger partial charge in [-0.25, -0.2) is 0 Å². The van der Waals surface area contributed by atoms with Crippen molar-refractivity contribution in [2.75, 3.05) is 6.61 Å². The van der Waals surface area contributed by atoms with Gasteiger partial charge < -0.3 is 4.74 Å². The lowest BCUT2D eigenvalue weighted by Crippen LogP contribution is -2.25. The van der Waals surface area contributed by atoms with Gasteiger partial charge in [0.15, 0.2) is 0 Å². The summed E-state index contributed by atoms with van der Waals surface area (Å²) < 4.78 is 5.15. The number of rotatable bonds is 0. The Bertz CT molecular complexity index is 61.4. The van der Waals surface area contributed by atoms with E-state index in [0.717, 1.165) is 6.61 Å². The first kappa shape index (κ1) is 8.21. The van der Waals surface area contributed by atoms with Crippen LogP contribution in [0.15, 0.2) is 0 Å². The minimum Gasteiger partial charge on any atom is -0.362 e. The first-order chi connectivity index (χ1) is 3.29. The quantitative estimate of drug-likeness (QED) is 0.533.